The molecule has 1 N–H and O–H groups in total. The van der Waals surface area contributed by atoms with Gasteiger partial charge in [0.2, 0.25) is 0 Å². The Kier molecular flexibility index (Phi) is 5.32. The number of likely N-dealkylation sites (N-methyl/N-ethyl adjacent to an activating group) is 1. The molecule has 2 nitrogen and oxygen atoms in total. The van der Waals surface area contributed by atoms with E-state index in [0.717, 1.165) is 26.2 Å². The number of nitrogens with zero attached hydrogens (tertiary/aromatic N) is 1. The van der Waals surface area contributed by atoms with Crippen molar-refractivity contribution in [3.05, 3.63) is 0 Å². The fourth-order valence-electron chi connectivity index (χ4n) is 1.99. The topological polar surface area (TPSA) is 15.3 Å². The van der Waals surface area contributed by atoms with E-state index in [9.17, 15) is 4.39 Å². The number of halogens is 1. The maximum absolute atomic E-state index is 12.0. The predicted octanol–water partition coefficient (Wildman–Crippen LogP) is 1.42. The fourth-order valence-corrected chi connectivity index (χ4v) is 1.99. The normalized spacial score (nSPS) is 24.0. The molecule has 0 bridgehead atoms. The van der Waals surface area contributed by atoms with Crippen molar-refractivity contribution in [2.24, 2.45) is 0 Å². The molecule has 1 fully saturated rings. The highest BCUT2D eigenvalue weighted by Crippen LogP contribution is 2.16. The molecule has 1 heterocycles. The lowest BCUT2D eigenvalue weighted by molar-refractivity contribution is 0.236. The van der Waals surface area contributed by atoms with E-state index >= 15 is 0 Å². The van der Waals surface area contributed by atoms with Gasteiger partial charge < -0.3 is 5.32 Å². The van der Waals surface area contributed by atoms with Crippen LogP contribution in [-0.4, -0.2) is 43.8 Å². The van der Waals surface area contributed by atoms with Crippen LogP contribution in [-0.2, 0) is 0 Å². The van der Waals surface area contributed by atoms with Gasteiger partial charge in [0.05, 0.1) is 6.67 Å². The predicted molar refractivity (Wildman–Crippen MR) is 53.7 cm³/mol. The summed E-state index contributed by atoms with van der Waals surface area (Å²) in [5, 5.41) is 3.36. The van der Waals surface area contributed by atoms with Gasteiger partial charge in [-0.15, -0.1) is 0 Å². The summed E-state index contributed by atoms with van der Waals surface area (Å²) < 4.78 is 12.0. The Balaban J connectivity index is 2.18. The quantitative estimate of drug-likeness (QED) is 0.678. The van der Waals surface area contributed by atoms with Gasteiger partial charge in [-0.3, -0.25) is 9.29 Å². The van der Waals surface area contributed by atoms with Crippen LogP contribution in [0.25, 0.3) is 0 Å². The average Bonchev–Trinajstić information content (AvgIpc) is 2.59. The summed E-state index contributed by atoms with van der Waals surface area (Å²) in [6.45, 7) is 6.16. The van der Waals surface area contributed by atoms with Crippen LogP contribution in [0.1, 0.15) is 26.2 Å². The Morgan fingerprint density at radius 3 is 3.08 bits per heavy atom. The van der Waals surface area contributed by atoms with E-state index in [2.05, 4.69) is 17.1 Å². The number of hydrogen-bond donors (Lipinski definition) is 1. The smallest absolute Gasteiger partial charge is 0.0906 e. The van der Waals surface area contributed by atoms with Crippen LogP contribution in [0.3, 0.4) is 0 Å². The fraction of sp³-hybridized carbons (Fsp3) is 1.00. The number of hydrogen-bond acceptors (Lipinski definition) is 2. The van der Waals surface area contributed by atoms with Gasteiger partial charge in [0.15, 0.2) is 0 Å². The zero-order valence-corrected chi connectivity index (χ0v) is 8.56. The average molecular weight is 188 g/mol. The van der Waals surface area contributed by atoms with Crippen LogP contribution >= 0.6 is 0 Å². The Hall–Kier alpha value is -0.150. The largest absolute Gasteiger partial charge is 0.315 e. The molecule has 0 aromatic heterocycles. The first-order valence-corrected chi connectivity index (χ1v) is 5.39. The molecule has 0 aromatic carbocycles. The minimum Gasteiger partial charge on any atom is -0.315 e. The second-order valence-corrected chi connectivity index (χ2v) is 3.68. The van der Waals surface area contributed by atoms with Crippen LogP contribution in [0.4, 0.5) is 4.39 Å². The third-order valence-corrected chi connectivity index (χ3v) is 2.71. The van der Waals surface area contributed by atoms with Crippen LogP contribution in [0.15, 0.2) is 0 Å². The van der Waals surface area contributed by atoms with Crippen molar-refractivity contribution in [3.8, 4) is 0 Å². The summed E-state index contributed by atoms with van der Waals surface area (Å²) in [6, 6.07) is 0.659. The molecular formula is C10H21FN2. The second-order valence-electron chi connectivity index (χ2n) is 3.68. The Morgan fingerprint density at radius 1 is 1.54 bits per heavy atom. The summed E-state index contributed by atoms with van der Waals surface area (Å²) in [6.07, 6.45) is 3.25. The van der Waals surface area contributed by atoms with Crippen molar-refractivity contribution in [1.82, 2.24) is 10.2 Å². The molecule has 1 rings (SSSR count). The first-order valence-electron chi connectivity index (χ1n) is 5.39. The molecule has 0 aliphatic carbocycles. The lowest BCUT2D eigenvalue weighted by Crippen LogP contribution is -2.38. The second kappa shape index (κ2) is 6.33. The molecule has 1 aliphatic heterocycles. The van der Waals surface area contributed by atoms with Gasteiger partial charge >= 0.3 is 0 Å². The highest BCUT2D eigenvalue weighted by Gasteiger charge is 2.22. The Bertz CT molecular complexity index is 116. The van der Waals surface area contributed by atoms with Crippen molar-refractivity contribution in [2.45, 2.75) is 32.2 Å². The maximum atomic E-state index is 12.0. The monoisotopic (exact) mass is 188 g/mol. The number of likely N-dealkylation sites (tertiary alicyclic amines) is 1. The third-order valence-electron chi connectivity index (χ3n) is 2.71. The third kappa shape index (κ3) is 3.61. The van der Waals surface area contributed by atoms with Crippen molar-refractivity contribution in [1.29, 1.82) is 0 Å². The zero-order valence-electron chi connectivity index (χ0n) is 8.56. The standard InChI is InChI=1S/C10H21FN2/c1-2-12-9-10-5-3-7-13(10)8-4-6-11/h10,12H,2-9H2,1H3. The van der Waals surface area contributed by atoms with Gasteiger partial charge in [0, 0.05) is 19.1 Å². The molecule has 1 unspecified atom stereocenters. The van der Waals surface area contributed by atoms with Crippen LogP contribution in [0.5, 0.6) is 0 Å². The molecule has 0 aromatic rings. The summed E-state index contributed by atoms with van der Waals surface area (Å²) in [4.78, 5) is 2.42. The van der Waals surface area contributed by atoms with Crippen LogP contribution in [0, 0.1) is 0 Å². The van der Waals surface area contributed by atoms with Gasteiger partial charge in [-0.05, 0) is 32.4 Å². The van der Waals surface area contributed by atoms with E-state index in [1.807, 2.05) is 0 Å². The highest BCUT2D eigenvalue weighted by molar-refractivity contribution is 4.80. The van der Waals surface area contributed by atoms with E-state index in [4.69, 9.17) is 0 Å². The zero-order chi connectivity index (χ0) is 9.52. The van der Waals surface area contributed by atoms with Crippen molar-refractivity contribution in [3.63, 3.8) is 0 Å². The summed E-state index contributed by atoms with van der Waals surface area (Å²) in [7, 11) is 0. The summed E-state index contributed by atoms with van der Waals surface area (Å²) in [5.74, 6) is 0. The van der Waals surface area contributed by atoms with E-state index in [-0.39, 0.29) is 6.67 Å². The Labute approximate surface area is 80.5 Å². The molecule has 1 atom stereocenters. The molecular weight excluding hydrogens is 167 g/mol. The molecule has 78 valence electrons. The first kappa shape index (κ1) is 10.9. The molecule has 3 heteroatoms. The van der Waals surface area contributed by atoms with Crippen molar-refractivity contribution in [2.75, 3.05) is 32.9 Å². The van der Waals surface area contributed by atoms with E-state index in [1.165, 1.54) is 12.8 Å². The van der Waals surface area contributed by atoms with Gasteiger partial charge in [-0.1, -0.05) is 6.92 Å². The van der Waals surface area contributed by atoms with Crippen LogP contribution in [0.2, 0.25) is 0 Å². The summed E-state index contributed by atoms with van der Waals surface area (Å²) in [5.41, 5.74) is 0. The molecule has 1 saturated heterocycles. The number of alkyl halides is 1. The van der Waals surface area contributed by atoms with Gasteiger partial charge in [0.1, 0.15) is 0 Å². The highest BCUT2D eigenvalue weighted by atomic mass is 19.1. The first-order chi connectivity index (χ1) is 6.38. The van der Waals surface area contributed by atoms with Crippen molar-refractivity contribution >= 4 is 0 Å². The minimum atomic E-state index is -0.176. The molecule has 0 radical (unpaired) electrons. The summed E-state index contributed by atoms with van der Waals surface area (Å²) >= 11 is 0. The van der Waals surface area contributed by atoms with Crippen molar-refractivity contribution < 1.29 is 4.39 Å². The van der Waals surface area contributed by atoms with Gasteiger partial charge in [0.25, 0.3) is 0 Å². The molecule has 0 spiro atoms. The van der Waals surface area contributed by atoms with E-state index < -0.39 is 0 Å². The Morgan fingerprint density at radius 2 is 2.38 bits per heavy atom. The number of nitrogens with one attached hydrogen (secondary N) is 1. The molecule has 0 amide bonds. The lowest BCUT2D eigenvalue weighted by Gasteiger charge is -2.23. The van der Waals surface area contributed by atoms with E-state index in [1.54, 1.807) is 0 Å². The van der Waals surface area contributed by atoms with Crippen LogP contribution < -0.4 is 5.32 Å². The SMILES string of the molecule is CCNCC1CCCN1CCCF. The van der Waals surface area contributed by atoms with Gasteiger partial charge in [-0.2, -0.15) is 0 Å². The molecule has 0 saturated carbocycles. The molecule has 1 aliphatic rings. The van der Waals surface area contributed by atoms with E-state index in [0.29, 0.717) is 12.5 Å². The maximum Gasteiger partial charge on any atom is 0.0906 e. The lowest BCUT2D eigenvalue weighted by atomic mass is 10.2. The molecule has 13 heavy (non-hydrogen) atoms. The number of rotatable bonds is 6. The van der Waals surface area contributed by atoms with Gasteiger partial charge in [-0.25, -0.2) is 0 Å². The minimum absolute atomic E-state index is 0.176.